The number of hydrogen-bond acceptors (Lipinski definition) is 4. The zero-order valence-corrected chi connectivity index (χ0v) is 12.4. The van der Waals surface area contributed by atoms with E-state index in [1.54, 1.807) is 0 Å². The number of anilines is 1. The molecule has 1 aliphatic heterocycles. The van der Waals surface area contributed by atoms with Crippen molar-refractivity contribution in [2.45, 2.75) is 25.8 Å². The van der Waals surface area contributed by atoms with Crippen LogP contribution < -0.4 is 11.1 Å². The van der Waals surface area contributed by atoms with E-state index >= 15 is 0 Å². The number of nitrogens with two attached hydrogens (primary N) is 1. The fourth-order valence-corrected chi connectivity index (χ4v) is 2.77. The first-order chi connectivity index (χ1) is 9.96. The molecule has 0 spiro atoms. The Morgan fingerprint density at radius 3 is 3.05 bits per heavy atom. The van der Waals surface area contributed by atoms with Gasteiger partial charge in [-0.2, -0.15) is 0 Å². The number of aromatic nitrogens is 2. The number of nitrogens with one attached hydrogen (secondary N) is 2. The zero-order chi connectivity index (χ0) is 15.0. The van der Waals surface area contributed by atoms with Crippen LogP contribution in [0.2, 0.25) is 0 Å². The minimum absolute atomic E-state index is 0.0890. The molecule has 0 unspecified atom stereocenters. The Kier molecular flexibility index (Phi) is 3.33. The number of nitrogen functional groups attached to an aromatic ring is 1. The Bertz CT molecular complexity index is 676. The van der Waals surface area contributed by atoms with Gasteiger partial charge in [0.25, 0.3) is 0 Å². The van der Waals surface area contributed by atoms with Crippen LogP contribution in [0.25, 0.3) is 11.0 Å². The number of carbonyl (C=O) groups is 1. The number of fused-ring (bicyclic) bond motifs is 1. The molecule has 1 amide bonds. The highest BCUT2D eigenvalue weighted by atomic mass is 16.2. The average Bonchev–Trinajstić information content (AvgIpc) is 2.82. The normalized spacial score (nSPS) is 18.9. The number of hydrogen-bond donors (Lipinski definition) is 3. The SMILES string of the molecule is CC1(C)C(=O)NCCN1CCc1nc2ccc(N)cc2[nH]1. The van der Waals surface area contributed by atoms with Crippen LogP contribution in [0.15, 0.2) is 18.2 Å². The van der Waals surface area contributed by atoms with Gasteiger partial charge in [-0.3, -0.25) is 9.69 Å². The summed E-state index contributed by atoms with van der Waals surface area (Å²) in [7, 11) is 0. The highest BCUT2D eigenvalue weighted by Gasteiger charge is 2.37. The predicted octanol–water partition coefficient (Wildman–Crippen LogP) is 0.898. The summed E-state index contributed by atoms with van der Waals surface area (Å²) in [6, 6.07) is 5.66. The summed E-state index contributed by atoms with van der Waals surface area (Å²) in [5, 5.41) is 2.91. The number of carbonyl (C=O) groups excluding carboxylic acids is 1. The quantitative estimate of drug-likeness (QED) is 0.732. The number of aromatic amines is 1. The lowest BCUT2D eigenvalue weighted by atomic mass is 9.99. The molecule has 3 rings (SSSR count). The van der Waals surface area contributed by atoms with E-state index in [1.165, 1.54) is 0 Å². The second-order valence-corrected chi connectivity index (χ2v) is 6.01. The monoisotopic (exact) mass is 287 g/mol. The third kappa shape index (κ3) is 2.58. The highest BCUT2D eigenvalue weighted by molar-refractivity contribution is 5.86. The van der Waals surface area contributed by atoms with E-state index in [2.05, 4.69) is 20.2 Å². The molecule has 2 heterocycles. The van der Waals surface area contributed by atoms with Crippen molar-refractivity contribution >= 4 is 22.6 Å². The first kappa shape index (κ1) is 13.9. The molecule has 6 nitrogen and oxygen atoms in total. The molecule has 1 aromatic carbocycles. The van der Waals surface area contributed by atoms with E-state index < -0.39 is 5.54 Å². The Hall–Kier alpha value is -2.08. The van der Waals surface area contributed by atoms with Crippen LogP contribution in [0.1, 0.15) is 19.7 Å². The van der Waals surface area contributed by atoms with Gasteiger partial charge in [-0.05, 0) is 32.0 Å². The molecule has 1 fully saturated rings. The van der Waals surface area contributed by atoms with Crippen molar-refractivity contribution in [1.29, 1.82) is 0 Å². The first-order valence-electron chi connectivity index (χ1n) is 7.24. The molecular weight excluding hydrogens is 266 g/mol. The number of H-pyrrole nitrogens is 1. The van der Waals surface area contributed by atoms with Gasteiger partial charge in [0, 0.05) is 31.7 Å². The molecule has 1 aromatic heterocycles. The molecule has 0 saturated carbocycles. The van der Waals surface area contributed by atoms with Crippen LogP contribution in [0.5, 0.6) is 0 Å². The number of benzene rings is 1. The van der Waals surface area contributed by atoms with Gasteiger partial charge in [0.05, 0.1) is 16.6 Å². The molecule has 6 heteroatoms. The second-order valence-electron chi connectivity index (χ2n) is 6.01. The van der Waals surface area contributed by atoms with Crippen molar-refractivity contribution in [3.05, 3.63) is 24.0 Å². The van der Waals surface area contributed by atoms with Crippen molar-refractivity contribution in [1.82, 2.24) is 20.2 Å². The van der Waals surface area contributed by atoms with Crippen LogP contribution in [0, 0.1) is 0 Å². The fourth-order valence-electron chi connectivity index (χ4n) is 2.77. The maximum Gasteiger partial charge on any atom is 0.239 e. The number of amides is 1. The molecular formula is C15H21N5O. The Morgan fingerprint density at radius 2 is 2.24 bits per heavy atom. The standard InChI is InChI=1S/C15H21N5O/c1-15(2)14(21)17-6-8-20(15)7-5-13-18-11-4-3-10(16)9-12(11)19-13/h3-4,9H,5-8,16H2,1-2H3,(H,17,21)(H,18,19). The highest BCUT2D eigenvalue weighted by Crippen LogP contribution is 2.19. The lowest BCUT2D eigenvalue weighted by Crippen LogP contribution is -2.62. The van der Waals surface area contributed by atoms with Crippen molar-refractivity contribution in [2.24, 2.45) is 0 Å². The summed E-state index contributed by atoms with van der Waals surface area (Å²) in [5.41, 5.74) is 7.92. The number of piperazine rings is 1. The Labute approximate surface area is 123 Å². The van der Waals surface area contributed by atoms with E-state index in [4.69, 9.17) is 5.73 Å². The topological polar surface area (TPSA) is 87.0 Å². The van der Waals surface area contributed by atoms with Crippen LogP contribution in [-0.4, -0.2) is 45.9 Å². The lowest BCUT2D eigenvalue weighted by molar-refractivity contribution is -0.134. The maximum atomic E-state index is 11.9. The molecule has 21 heavy (non-hydrogen) atoms. The molecule has 1 saturated heterocycles. The number of imidazole rings is 1. The summed E-state index contributed by atoms with van der Waals surface area (Å²) in [5.74, 6) is 1.02. The van der Waals surface area contributed by atoms with E-state index in [0.717, 1.165) is 42.1 Å². The van der Waals surface area contributed by atoms with Crippen molar-refractivity contribution in [3.63, 3.8) is 0 Å². The molecule has 0 bridgehead atoms. The predicted molar refractivity (Wildman–Crippen MR) is 82.9 cm³/mol. The van der Waals surface area contributed by atoms with Gasteiger partial charge >= 0.3 is 0 Å². The number of rotatable bonds is 3. The van der Waals surface area contributed by atoms with Crippen LogP contribution in [-0.2, 0) is 11.2 Å². The molecule has 4 N–H and O–H groups in total. The second kappa shape index (κ2) is 5.04. The molecule has 0 atom stereocenters. The molecule has 0 radical (unpaired) electrons. The van der Waals surface area contributed by atoms with E-state index in [9.17, 15) is 4.79 Å². The fraction of sp³-hybridized carbons (Fsp3) is 0.467. The van der Waals surface area contributed by atoms with E-state index in [1.807, 2.05) is 32.0 Å². The maximum absolute atomic E-state index is 11.9. The Morgan fingerprint density at radius 1 is 1.43 bits per heavy atom. The third-order valence-electron chi connectivity index (χ3n) is 4.19. The third-order valence-corrected chi connectivity index (χ3v) is 4.19. The van der Waals surface area contributed by atoms with Crippen LogP contribution in [0.3, 0.4) is 0 Å². The summed E-state index contributed by atoms with van der Waals surface area (Å²) in [6.07, 6.45) is 0.783. The summed E-state index contributed by atoms with van der Waals surface area (Å²) >= 11 is 0. The lowest BCUT2D eigenvalue weighted by Gasteiger charge is -2.41. The largest absolute Gasteiger partial charge is 0.399 e. The zero-order valence-electron chi connectivity index (χ0n) is 12.4. The summed E-state index contributed by atoms with van der Waals surface area (Å²) in [6.45, 7) is 6.29. The van der Waals surface area contributed by atoms with E-state index in [-0.39, 0.29) is 5.91 Å². The molecule has 2 aromatic rings. The molecule has 1 aliphatic rings. The van der Waals surface area contributed by atoms with Crippen LogP contribution >= 0.6 is 0 Å². The summed E-state index contributed by atoms with van der Waals surface area (Å²) in [4.78, 5) is 22.0. The van der Waals surface area contributed by atoms with Gasteiger partial charge in [-0.25, -0.2) is 4.98 Å². The van der Waals surface area contributed by atoms with Crippen molar-refractivity contribution in [3.8, 4) is 0 Å². The minimum atomic E-state index is -0.464. The van der Waals surface area contributed by atoms with Gasteiger partial charge in [-0.1, -0.05) is 0 Å². The Balaban J connectivity index is 1.72. The smallest absolute Gasteiger partial charge is 0.239 e. The van der Waals surface area contributed by atoms with Gasteiger partial charge in [0.2, 0.25) is 5.91 Å². The van der Waals surface area contributed by atoms with Gasteiger partial charge in [-0.15, -0.1) is 0 Å². The first-order valence-corrected chi connectivity index (χ1v) is 7.24. The average molecular weight is 287 g/mol. The van der Waals surface area contributed by atoms with Crippen molar-refractivity contribution < 1.29 is 4.79 Å². The molecule has 112 valence electrons. The van der Waals surface area contributed by atoms with Crippen LogP contribution in [0.4, 0.5) is 5.69 Å². The molecule has 0 aliphatic carbocycles. The van der Waals surface area contributed by atoms with Crippen molar-refractivity contribution in [2.75, 3.05) is 25.4 Å². The van der Waals surface area contributed by atoms with Gasteiger partial charge < -0.3 is 16.0 Å². The number of nitrogens with zero attached hydrogens (tertiary/aromatic N) is 2. The minimum Gasteiger partial charge on any atom is -0.399 e. The van der Waals surface area contributed by atoms with Gasteiger partial charge in [0.15, 0.2) is 0 Å². The summed E-state index contributed by atoms with van der Waals surface area (Å²) < 4.78 is 0. The van der Waals surface area contributed by atoms with Gasteiger partial charge in [0.1, 0.15) is 5.82 Å². The van der Waals surface area contributed by atoms with E-state index in [0.29, 0.717) is 6.54 Å².